The van der Waals surface area contributed by atoms with E-state index in [4.69, 9.17) is 15.6 Å². The van der Waals surface area contributed by atoms with Crippen LogP contribution in [0.5, 0.6) is 5.75 Å². The standard InChI is InChI=1S/C16H22F3NO3/c1-11(6-7-12(10-20)15(21)22)8-9-23-14-5-3-2-4-13(14)16(17,18)19/h2-5,11-12H,6-10,20H2,1H3,(H,21,22). The van der Waals surface area contributed by atoms with Gasteiger partial charge < -0.3 is 15.6 Å². The Kier molecular flexibility index (Phi) is 7.35. The van der Waals surface area contributed by atoms with Crippen molar-refractivity contribution in [2.75, 3.05) is 13.2 Å². The van der Waals surface area contributed by atoms with Gasteiger partial charge in [0.2, 0.25) is 0 Å². The summed E-state index contributed by atoms with van der Waals surface area (Å²) in [6, 6.07) is 5.09. The van der Waals surface area contributed by atoms with Crippen molar-refractivity contribution in [1.82, 2.24) is 0 Å². The molecule has 1 rings (SSSR count). The van der Waals surface area contributed by atoms with E-state index in [0.717, 1.165) is 6.07 Å². The van der Waals surface area contributed by atoms with E-state index in [1.165, 1.54) is 18.2 Å². The van der Waals surface area contributed by atoms with E-state index in [-0.39, 0.29) is 24.8 Å². The second kappa shape index (κ2) is 8.76. The molecule has 130 valence electrons. The number of rotatable bonds is 9. The average molecular weight is 333 g/mol. The van der Waals surface area contributed by atoms with Gasteiger partial charge >= 0.3 is 12.1 Å². The van der Waals surface area contributed by atoms with Crippen molar-refractivity contribution >= 4 is 5.97 Å². The van der Waals surface area contributed by atoms with Gasteiger partial charge in [-0.25, -0.2) is 0 Å². The first-order valence-electron chi connectivity index (χ1n) is 7.47. The zero-order valence-corrected chi connectivity index (χ0v) is 13.0. The molecule has 0 spiro atoms. The van der Waals surface area contributed by atoms with E-state index < -0.39 is 23.6 Å². The Hall–Kier alpha value is -1.76. The minimum atomic E-state index is -4.45. The van der Waals surface area contributed by atoms with Crippen molar-refractivity contribution in [1.29, 1.82) is 0 Å². The Morgan fingerprint density at radius 1 is 1.26 bits per heavy atom. The van der Waals surface area contributed by atoms with Crippen LogP contribution < -0.4 is 10.5 Å². The first kappa shape index (κ1) is 19.3. The number of carboxylic acid groups (broad SMARTS) is 1. The number of hydrogen-bond acceptors (Lipinski definition) is 3. The summed E-state index contributed by atoms with van der Waals surface area (Å²) in [5.41, 5.74) is 4.59. The van der Waals surface area contributed by atoms with Crippen LogP contribution in [0.2, 0.25) is 0 Å². The average Bonchev–Trinajstić information content (AvgIpc) is 2.47. The molecular weight excluding hydrogens is 311 g/mol. The topological polar surface area (TPSA) is 72.5 Å². The molecule has 0 bridgehead atoms. The van der Waals surface area contributed by atoms with Gasteiger partial charge in [0.1, 0.15) is 5.75 Å². The molecule has 0 aliphatic carbocycles. The number of carboxylic acids is 1. The lowest BCUT2D eigenvalue weighted by Crippen LogP contribution is -2.23. The van der Waals surface area contributed by atoms with Crippen LogP contribution >= 0.6 is 0 Å². The van der Waals surface area contributed by atoms with Crippen LogP contribution in [0.3, 0.4) is 0 Å². The smallest absolute Gasteiger partial charge is 0.419 e. The lowest BCUT2D eigenvalue weighted by atomic mass is 9.95. The number of para-hydroxylation sites is 1. The number of alkyl halides is 3. The highest BCUT2D eigenvalue weighted by atomic mass is 19.4. The largest absolute Gasteiger partial charge is 0.493 e. The summed E-state index contributed by atoms with van der Waals surface area (Å²) in [7, 11) is 0. The van der Waals surface area contributed by atoms with Crippen molar-refractivity contribution in [3.8, 4) is 5.75 Å². The molecule has 4 nitrogen and oxygen atoms in total. The molecule has 0 heterocycles. The fraction of sp³-hybridized carbons (Fsp3) is 0.562. The lowest BCUT2D eigenvalue weighted by Gasteiger charge is -2.17. The van der Waals surface area contributed by atoms with Gasteiger partial charge in [0.25, 0.3) is 0 Å². The second-order valence-electron chi connectivity index (χ2n) is 5.58. The fourth-order valence-corrected chi connectivity index (χ4v) is 2.17. The fourth-order valence-electron chi connectivity index (χ4n) is 2.17. The second-order valence-corrected chi connectivity index (χ2v) is 5.58. The Morgan fingerprint density at radius 2 is 1.91 bits per heavy atom. The Balaban J connectivity index is 2.44. The van der Waals surface area contributed by atoms with Crippen molar-refractivity contribution in [2.45, 2.75) is 32.4 Å². The minimum Gasteiger partial charge on any atom is -0.493 e. The zero-order valence-electron chi connectivity index (χ0n) is 13.0. The van der Waals surface area contributed by atoms with E-state index in [9.17, 15) is 18.0 Å². The molecule has 1 aromatic carbocycles. The molecule has 0 radical (unpaired) electrons. The summed E-state index contributed by atoms with van der Waals surface area (Å²) < 4.78 is 43.7. The number of ether oxygens (including phenoxy) is 1. The first-order valence-corrected chi connectivity index (χ1v) is 7.47. The van der Waals surface area contributed by atoms with E-state index >= 15 is 0 Å². The minimum absolute atomic E-state index is 0.0809. The van der Waals surface area contributed by atoms with E-state index in [1.807, 2.05) is 6.92 Å². The molecule has 0 aromatic heterocycles. The Labute approximate surface area is 133 Å². The van der Waals surface area contributed by atoms with Gasteiger partial charge in [-0.1, -0.05) is 19.1 Å². The van der Waals surface area contributed by atoms with E-state index in [1.54, 1.807) is 0 Å². The Morgan fingerprint density at radius 3 is 2.48 bits per heavy atom. The van der Waals surface area contributed by atoms with Crippen LogP contribution in [0.1, 0.15) is 31.7 Å². The maximum Gasteiger partial charge on any atom is 0.419 e. The van der Waals surface area contributed by atoms with Gasteiger partial charge in [-0.15, -0.1) is 0 Å². The highest BCUT2D eigenvalue weighted by Crippen LogP contribution is 2.36. The zero-order chi connectivity index (χ0) is 17.5. The molecular formula is C16H22F3NO3. The molecule has 0 saturated heterocycles. The summed E-state index contributed by atoms with van der Waals surface area (Å²) in [5, 5.41) is 8.91. The van der Waals surface area contributed by atoms with Crippen molar-refractivity contribution in [2.24, 2.45) is 17.6 Å². The molecule has 2 unspecified atom stereocenters. The molecule has 0 aliphatic heterocycles. The lowest BCUT2D eigenvalue weighted by molar-refractivity contribution is -0.141. The summed E-state index contributed by atoms with van der Waals surface area (Å²) >= 11 is 0. The van der Waals surface area contributed by atoms with E-state index in [2.05, 4.69) is 0 Å². The normalized spacial score (nSPS) is 14.3. The molecule has 3 N–H and O–H groups in total. The highest BCUT2D eigenvalue weighted by Gasteiger charge is 2.33. The van der Waals surface area contributed by atoms with Gasteiger partial charge in [0.05, 0.1) is 18.1 Å². The van der Waals surface area contributed by atoms with Crippen molar-refractivity contribution in [3.05, 3.63) is 29.8 Å². The molecule has 1 aromatic rings. The molecule has 23 heavy (non-hydrogen) atoms. The van der Waals surface area contributed by atoms with Crippen LogP contribution in [0, 0.1) is 11.8 Å². The van der Waals surface area contributed by atoms with Gasteiger partial charge in [-0.2, -0.15) is 13.2 Å². The van der Waals surface area contributed by atoms with Crippen LogP contribution in [0.25, 0.3) is 0 Å². The molecule has 7 heteroatoms. The summed E-state index contributed by atoms with van der Waals surface area (Å²) in [4.78, 5) is 10.9. The number of carbonyl (C=O) groups is 1. The van der Waals surface area contributed by atoms with Crippen LogP contribution in [-0.2, 0) is 11.0 Å². The molecule has 0 saturated carbocycles. The van der Waals surface area contributed by atoms with Gasteiger partial charge in [-0.3, -0.25) is 4.79 Å². The SMILES string of the molecule is CC(CCOc1ccccc1C(F)(F)F)CCC(CN)C(=O)O. The third-order valence-electron chi connectivity index (χ3n) is 3.70. The van der Waals surface area contributed by atoms with E-state index in [0.29, 0.717) is 19.3 Å². The highest BCUT2D eigenvalue weighted by molar-refractivity contribution is 5.70. The number of benzene rings is 1. The van der Waals surface area contributed by atoms with Crippen LogP contribution in [-0.4, -0.2) is 24.2 Å². The summed E-state index contributed by atoms with van der Waals surface area (Å²) in [6.45, 7) is 2.14. The quantitative estimate of drug-likeness (QED) is 0.725. The first-order chi connectivity index (χ1) is 10.8. The molecule has 0 amide bonds. The van der Waals surface area contributed by atoms with Gasteiger partial charge in [0.15, 0.2) is 0 Å². The predicted octanol–water partition coefficient (Wildman–Crippen LogP) is 3.55. The molecule has 0 aliphatic rings. The van der Waals surface area contributed by atoms with Crippen LogP contribution in [0.4, 0.5) is 13.2 Å². The number of halogens is 3. The monoisotopic (exact) mass is 333 g/mol. The number of hydrogen-bond donors (Lipinski definition) is 2. The molecule has 2 atom stereocenters. The maximum absolute atomic E-state index is 12.8. The third-order valence-corrected chi connectivity index (χ3v) is 3.70. The van der Waals surface area contributed by atoms with Crippen LogP contribution in [0.15, 0.2) is 24.3 Å². The van der Waals surface area contributed by atoms with Gasteiger partial charge in [-0.05, 0) is 37.3 Å². The summed E-state index contributed by atoms with van der Waals surface area (Å²) in [5.74, 6) is -1.54. The summed E-state index contributed by atoms with van der Waals surface area (Å²) in [6.07, 6.45) is -2.81. The number of aliphatic carboxylic acids is 1. The predicted molar refractivity (Wildman–Crippen MR) is 80.1 cm³/mol. The Bertz CT molecular complexity index is 506. The molecule has 0 fully saturated rings. The van der Waals surface area contributed by atoms with Crippen molar-refractivity contribution in [3.63, 3.8) is 0 Å². The third kappa shape index (κ3) is 6.48. The van der Waals surface area contributed by atoms with Gasteiger partial charge in [0, 0.05) is 6.54 Å². The maximum atomic E-state index is 12.8. The van der Waals surface area contributed by atoms with Crippen molar-refractivity contribution < 1.29 is 27.8 Å². The number of nitrogens with two attached hydrogens (primary N) is 1.